The van der Waals surface area contributed by atoms with Crippen molar-refractivity contribution in [3.05, 3.63) is 0 Å². The van der Waals surface area contributed by atoms with Gasteiger partial charge in [-0.2, -0.15) is 0 Å². The van der Waals surface area contributed by atoms with Crippen molar-refractivity contribution in [1.29, 1.82) is 0 Å². The molecule has 15 heavy (non-hydrogen) atoms. The molecule has 3 nitrogen and oxygen atoms in total. The van der Waals surface area contributed by atoms with E-state index in [9.17, 15) is 4.79 Å². The highest BCUT2D eigenvalue weighted by Crippen LogP contribution is 2.64. The quantitative estimate of drug-likeness (QED) is 0.777. The number of alkyl halides is 2. The molecule has 1 amide bonds. The van der Waals surface area contributed by atoms with Crippen LogP contribution in [0.5, 0.6) is 0 Å². The van der Waals surface area contributed by atoms with Crippen molar-refractivity contribution >= 4 is 29.1 Å². The number of carbonyl (C=O) groups is 1. The smallest absolute Gasteiger partial charge is 0.231 e. The zero-order valence-electron chi connectivity index (χ0n) is 9.26. The Balaban J connectivity index is 2.48. The van der Waals surface area contributed by atoms with Crippen LogP contribution in [0.2, 0.25) is 0 Å². The number of hydrogen-bond donors (Lipinski definition) is 1. The lowest BCUT2D eigenvalue weighted by Crippen LogP contribution is -2.36. The van der Waals surface area contributed by atoms with E-state index in [4.69, 9.17) is 28.3 Å². The van der Waals surface area contributed by atoms with Gasteiger partial charge in [-0.1, -0.05) is 0 Å². The Morgan fingerprint density at radius 3 is 2.40 bits per heavy atom. The van der Waals surface area contributed by atoms with Crippen LogP contribution in [0.4, 0.5) is 0 Å². The SMILES string of the molecule is CC(O)CCN(C)C(=O)C1(C)CC1(Cl)Cl. The number of hydrogen-bond acceptors (Lipinski definition) is 2. The lowest BCUT2D eigenvalue weighted by molar-refractivity contribution is -0.135. The maximum Gasteiger partial charge on any atom is 0.231 e. The standard InChI is InChI=1S/C10H17Cl2NO2/c1-7(14)4-5-13(3)8(15)9(2)6-10(9,11)12/h7,14H,4-6H2,1-3H3. The molecule has 0 aromatic heterocycles. The average molecular weight is 254 g/mol. The molecule has 1 rings (SSSR count). The molecule has 5 heteroatoms. The average Bonchev–Trinajstić information content (AvgIpc) is 2.62. The minimum atomic E-state index is -0.914. The van der Waals surface area contributed by atoms with Gasteiger partial charge in [0, 0.05) is 13.6 Å². The molecule has 1 N–H and O–H groups in total. The van der Waals surface area contributed by atoms with E-state index in [-0.39, 0.29) is 5.91 Å². The second-order valence-electron chi connectivity index (χ2n) is 4.58. The Kier molecular flexibility index (Phi) is 3.59. The van der Waals surface area contributed by atoms with E-state index in [2.05, 4.69) is 0 Å². The van der Waals surface area contributed by atoms with Gasteiger partial charge >= 0.3 is 0 Å². The van der Waals surface area contributed by atoms with Crippen LogP contribution in [0.1, 0.15) is 26.7 Å². The normalized spacial score (nSPS) is 29.7. The topological polar surface area (TPSA) is 40.5 Å². The van der Waals surface area contributed by atoms with Crippen molar-refractivity contribution in [2.75, 3.05) is 13.6 Å². The molecule has 0 bridgehead atoms. The van der Waals surface area contributed by atoms with Crippen LogP contribution < -0.4 is 0 Å². The second kappa shape index (κ2) is 4.11. The fourth-order valence-electron chi connectivity index (χ4n) is 1.54. The van der Waals surface area contributed by atoms with E-state index in [1.165, 1.54) is 0 Å². The van der Waals surface area contributed by atoms with Gasteiger partial charge in [0.25, 0.3) is 0 Å². The fourth-order valence-corrected chi connectivity index (χ4v) is 2.23. The number of rotatable bonds is 4. The number of halogens is 2. The molecule has 0 heterocycles. The van der Waals surface area contributed by atoms with Crippen LogP contribution in [-0.2, 0) is 4.79 Å². The van der Waals surface area contributed by atoms with Crippen LogP contribution in [0, 0.1) is 5.41 Å². The monoisotopic (exact) mass is 253 g/mol. The molecule has 1 saturated carbocycles. The first-order valence-electron chi connectivity index (χ1n) is 5.02. The van der Waals surface area contributed by atoms with Crippen molar-refractivity contribution in [2.45, 2.75) is 37.1 Å². The minimum Gasteiger partial charge on any atom is -0.393 e. The molecule has 1 fully saturated rings. The van der Waals surface area contributed by atoms with Crippen LogP contribution in [0.3, 0.4) is 0 Å². The van der Waals surface area contributed by atoms with E-state index >= 15 is 0 Å². The molecule has 0 radical (unpaired) electrons. The molecule has 2 unspecified atom stereocenters. The van der Waals surface area contributed by atoms with E-state index in [0.29, 0.717) is 19.4 Å². The summed E-state index contributed by atoms with van der Waals surface area (Å²) in [5, 5.41) is 9.11. The van der Waals surface area contributed by atoms with Crippen molar-refractivity contribution in [2.24, 2.45) is 5.41 Å². The molecular weight excluding hydrogens is 237 g/mol. The number of aliphatic hydroxyl groups excluding tert-OH is 1. The summed E-state index contributed by atoms with van der Waals surface area (Å²) in [7, 11) is 1.71. The van der Waals surface area contributed by atoms with Gasteiger partial charge in [-0.15, -0.1) is 23.2 Å². The second-order valence-corrected chi connectivity index (χ2v) is 6.06. The lowest BCUT2D eigenvalue weighted by Gasteiger charge is -2.22. The molecule has 0 aliphatic heterocycles. The number of aliphatic hydroxyl groups is 1. The van der Waals surface area contributed by atoms with E-state index in [0.717, 1.165) is 0 Å². The first kappa shape index (κ1) is 13.1. The largest absolute Gasteiger partial charge is 0.393 e. The van der Waals surface area contributed by atoms with Crippen LogP contribution in [0.25, 0.3) is 0 Å². The van der Waals surface area contributed by atoms with Gasteiger partial charge in [0.05, 0.1) is 11.5 Å². The van der Waals surface area contributed by atoms with Gasteiger partial charge in [-0.05, 0) is 26.7 Å². The van der Waals surface area contributed by atoms with Gasteiger partial charge < -0.3 is 10.0 Å². The van der Waals surface area contributed by atoms with Gasteiger partial charge in [0.2, 0.25) is 5.91 Å². The summed E-state index contributed by atoms with van der Waals surface area (Å²) in [6.45, 7) is 3.99. The predicted octanol–water partition coefficient (Wildman–Crippen LogP) is 1.80. The molecule has 1 aliphatic carbocycles. The highest BCUT2D eigenvalue weighted by molar-refractivity contribution is 6.53. The van der Waals surface area contributed by atoms with Gasteiger partial charge in [-0.3, -0.25) is 4.79 Å². The third-order valence-corrected chi connectivity index (χ3v) is 4.06. The Bertz CT molecular complexity index is 268. The van der Waals surface area contributed by atoms with E-state index in [1.807, 2.05) is 0 Å². The highest BCUT2D eigenvalue weighted by Gasteiger charge is 2.68. The summed E-state index contributed by atoms with van der Waals surface area (Å²) in [6, 6.07) is 0. The summed E-state index contributed by atoms with van der Waals surface area (Å²) in [6.07, 6.45) is 0.667. The molecule has 88 valence electrons. The van der Waals surface area contributed by atoms with E-state index < -0.39 is 15.9 Å². The maximum atomic E-state index is 11.9. The van der Waals surface area contributed by atoms with Crippen molar-refractivity contribution < 1.29 is 9.90 Å². The molecule has 0 saturated heterocycles. The number of carbonyl (C=O) groups excluding carboxylic acids is 1. The first-order valence-corrected chi connectivity index (χ1v) is 5.78. The van der Waals surface area contributed by atoms with Crippen LogP contribution >= 0.6 is 23.2 Å². The van der Waals surface area contributed by atoms with Crippen molar-refractivity contribution in [3.63, 3.8) is 0 Å². The Hall–Kier alpha value is 0.01000. The van der Waals surface area contributed by atoms with Gasteiger partial charge in [-0.25, -0.2) is 0 Å². The fraction of sp³-hybridized carbons (Fsp3) is 0.900. The lowest BCUT2D eigenvalue weighted by atomic mass is 10.1. The number of amides is 1. The summed E-state index contributed by atoms with van der Waals surface area (Å²) < 4.78 is -0.914. The summed E-state index contributed by atoms with van der Waals surface area (Å²) in [4.78, 5) is 13.5. The van der Waals surface area contributed by atoms with Gasteiger partial charge in [0.15, 0.2) is 0 Å². The Labute approximate surface area is 100 Å². The molecular formula is C10H17Cl2NO2. The predicted molar refractivity (Wildman–Crippen MR) is 61.1 cm³/mol. The third-order valence-electron chi connectivity index (χ3n) is 2.96. The number of nitrogens with zero attached hydrogens (tertiary/aromatic N) is 1. The first-order chi connectivity index (χ1) is 6.71. The highest BCUT2D eigenvalue weighted by atomic mass is 35.5. The summed E-state index contributed by atoms with van der Waals surface area (Å²) in [5.41, 5.74) is -0.649. The van der Waals surface area contributed by atoms with Crippen LogP contribution in [-0.4, -0.2) is 39.9 Å². The van der Waals surface area contributed by atoms with Crippen LogP contribution in [0.15, 0.2) is 0 Å². The molecule has 2 atom stereocenters. The third kappa shape index (κ3) is 2.58. The Morgan fingerprint density at radius 1 is 1.60 bits per heavy atom. The Morgan fingerprint density at radius 2 is 2.07 bits per heavy atom. The summed E-state index contributed by atoms with van der Waals surface area (Å²) >= 11 is 11.8. The zero-order valence-corrected chi connectivity index (χ0v) is 10.8. The molecule has 1 aliphatic rings. The maximum absolute atomic E-state index is 11.9. The molecule has 0 aromatic rings. The molecule has 0 aromatic carbocycles. The summed E-state index contributed by atoms with van der Waals surface area (Å²) in [5.74, 6) is -0.0480. The van der Waals surface area contributed by atoms with Crippen molar-refractivity contribution in [1.82, 2.24) is 4.90 Å². The van der Waals surface area contributed by atoms with Crippen molar-refractivity contribution in [3.8, 4) is 0 Å². The zero-order chi connectivity index (χ0) is 11.9. The molecule has 0 spiro atoms. The van der Waals surface area contributed by atoms with Gasteiger partial charge in [0.1, 0.15) is 4.33 Å². The minimum absolute atomic E-state index is 0.0480. The van der Waals surface area contributed by atoms with E-state index in [1.54, 1.807) is 25.8 Å².